The number of hydrogen-bond donors (Lipinski definition) is 1. The standard InChI is InChI=1S/C12H27N/c1-6-11(4)9-13-12(5)8-7-10(2)3/h10-13H,6-9H2,1-5H3. The highest BCUT2D eigenvalue weighted by molar-refractivity contribution is 4.64. The first kappa shape index (κ1) is 13.0. The van der Waals surface area contributed by atoms with Crippen LogP contribution in [0.25, 0.3) is 0 Å². The molecule has 0 aromatic heterocycles. The van der Waals surface area contributed by atoms with Gasteiger partial charge >= 0.3 is 0 Å². The van der Waals surface area contributed by atoms with E-state index in [0.29, 0.717) is 6.04 Å². The normalized spacial score (nSPS) is 16.2. The Morgan fingerprint density at radius 1 is 1.00 bits per heavy atom. The third-order valence-electron chi connectivity index (χ3n) is 2.69. The molecule has 1 N–H and O–H groups in total. The average molecular weight is 185 g/mol. The predicted octanol–water partition coefficient (Wildman–Crippen LogP) is 3.45. The maximum Gasteiger partial charge on any atom is 0.00389 e. The molecule has 0 aromatic carbocycles. The highest BCUT2D eigenvalue weighted by Crippen LogP contribution is 2.07. The molecule has 0 aromatic rings. The molecule has 0 aliphatic heterocycles. The summed E-state index contributed by atoms with van der Waals surface area (Å²) in [6, 6.07) is 0.691. The summed E-state index contributed by atoms with van der Waals surface area (Å²) >= 11 is 0. The van der Waals surface area contributed by atoms with Crippen LogP contribution in [0.4, 0.5) is 0 Å². The van der Waals surface area contributed by atoms with Crippen LogP contribution in [0.3, 0.4) is 0 Å². The molecule has 0 saturated carbocycles. The Morgan fingerprint density at radius 3 is 2.08 bits per heavy atom. The Morgan fingerprint density at radius 2 is 1.62 bits per heavy atom. The third-order valence-corrected chi connectivity index (χ3v) is 2.69. The zero-order chi connectivity index (χ0) is 10.3. The molecule has 0 amide bonds. The lowest BCUT2D eigenvalue weighted by atomic mass is 10.0. The van der Waals surface area contributed by atoms with Crippen LogP contribution in [0, 0.1) is 11.8 Å². The van der Waals surface area contributed by atoms with E-state index >= 15 is 0 Å². The van der Waals surface area contributed by atoms with Crippen molar-refractivity contribution in [1.82, 2.24) is 5.32 Å². The summed E-state index contributed by atoms with van der Waals surface area (Å²) in [7, 11) is 0. The van der Waals surface area contributed by atoms with Gasteiger partial charge in [-0.2, -0.15) is 0 Å². The molecule has 80 valence electrons. The van der Waals surface area contributed by atoms with Gasteiger partial charge in [0.05, 0.1) is 0 Å². The zero-order valence-electron chi connectivity index (χ0n) is 10.1. The lowest BCUT2D eigenvalue weighted by Gasteiger charge is -2.17. The van der Waals surface area contributed by atoms with Crippen molar-refractivity contribution in [2.24, 2.45) is 11.8 Å². The lowest BCUT2D eigenvalue weighted by molar-refractivity contribution is 0.411. The minimum absolute atomic E-state index is 0.691. The van der Waals surface area contributed by atoms with E-state index in [1.807, 2.05) is 0 Å². The highest BCUT2D eigenvalue weighted by Gasteiger charge is 2.04. The maximum absolute atomic E-state index is 3.59. The first-order valence-electron chi connectivity index (χ1n) is 5.79. The molecule has 0 aliphatic rings. The summed E-state index contributed by atoms with van der Waals surface area (Å²) in [6.07, 6.45) is 3.94. The van der Waals surface area contributed by atoms with Crippen molar-refractivity contribution in [1.29, 1.82) is 0 Å². The van der Waals surface area contributed by atoms with E-state index < -0.39 is 0 Å². The van der Waals surface area contributed by atoms with Gasteiger partial charge in [0, 0.05) is 6.04 Å². The molecule has 0 heterocycles. The fourth-order valence-electron chi connectivity index (χ4n) is 1.23. The minimum atomic E-state index is 0.691. The number of hydrogen-bond acceptors (Lipinski definition) is 1. The molecule has 0 bridgehead atoms. The van der Waals surface area contributed by atoms with Crippen LogP contribution in [-0.4, -0.2) is 12.6 Å². The van der Waals surface area contributed by atoms with E-state index in [-0.39, 0.29) is 0 Å². The van der Waals surface area contributed by atoms with E-state index in [1.54, 1.807) is 0 Å². The first-order chi connectivity index (χ1) is 6.06. The topological polar surface area (TPSA) is 12.0 Å². The molecule has 0 saturated heterocycles. The van der Waals surface area contributed by atoms with Gasteiger partial charge in [-0.3, -0.25) is 0 Å². The predicted molar refractivity (Wildman–Crippen MR) is 61.0 cm³/mol. The zero-order valence-corrected chi connectivity index (χ0v) is 10.1. The van der Waals surface area contributed by atoms with Gasteiger partial charge in [-0.15, -0.1) is 0 Å². The fraction of sp³-hybridized carbons (Fsp3) is 1.00. The molecule has 0 rings (SSSR count). The van der Waals surface area contributed by atoms with Crippen LogP contribution in [0.1, 0.15) is 53.9 Å². The molecule has 1 nitrogen and oxygen atoms in total. The quantitative estimate of drug-likeness (QED) is 0.640. The van der Waals surface area contributed by atoms with Gasteiger partial charge in [0.25, 0.3) is 0 Å². The lowest BCUT2D eigenvalue weighted by Crippen LogP contribution is -2.30. The van der Waals surface area contributed by atoms with Gasteiger partial charge in [-0.05, 0) is 38.1 Å². The Labute approximate surface area is 84.3 Å². The smallest absolute Gasteiger partial charge is 0.00389 e. The average Bonchev–Trinajstić information content (AvgIpc) is 2.10. The van der Waals surface area contributed by atoms with Crippen LogP contribution in [0.5, 0.6) is 0 Å². The molecule has 2 atom stereocenters. The van der Waals surface area contributed by atoms with E-state index in [9.17, 15) is 0 Å². The second kappa shape index (κ2) is 7.37. The summed E-state index contributed by atoms with van der Waals surface area (Å²) in [6.45, 7) is 12.6. The van der Waals surface area contributed by atoms with Crippen molar-refractivity contribution in [3.63, 3.8) is 0 Å². The van der Waals surface area contributed by atoms with Crippen LogP contribution in [-0.2, 0) is 0 Å². The Bertz CT molecular complexity index is 110. The largest absolute Gasteiger partial charge is 0.314 e. The van der Waals surface area contributed by atoms with Crippen LogP contribution in [0.15, 0.2) is 0 Å². The molecule has 13 heavy (non-hydrogen) atoms. The Hall–Kier alpha value is -0.0400. The molecule has 0 radical (unpaired) electrons. The van der Waals surface area contributed by atoms with Crippen molar-refractivity contribution in [2.45, 2.75) is 59.9 Å². The van der Waals surface area contributed by atoms with E-state index in [1.165, 1.54) is 25.8 Å². The Balaban J connectivity index is 3.34. The van der Waals surface area contributed by atoms with Crippen molar-refractivity contribution < 1.29 is 0 Å². The van der Waals surface area contributed by atoms with E-state index in [4.69, 9.17) is 0 Å². The van der Waals surface area contributed by atoms with Gasteiger partial charge in [0.1, 0.15) is 0 Å². The van der Waals surface area contributed by atoms with Crippen molar-refractivity contribution in [3.8, 4) is 0 Å². The molecule has 0 aliphatic carbocycles. The fourth-order valence-corrected chi connectivity index (χ4v) is 1.23. The summed E-state index contributed by atoms with van der Waals surface area (Å²) in [4.78, 5) is 0. The SMILES string of the molecule is CCC(C)CNC(C)CCC(C)C. The number of rotatable bonds is 7. The van der Waals surface area contributed by atoms with Gasteiger partial charge in [-0.1, -0.05) is 34.1 Å². The molecule has 2 unspecified atom stereocenters. The molecular formula is C12H27N. The summed E-state index contributed by atoms with van der Waals surface area (Å²) < 4.78 is 0. The summed E-state index contributed by atoms with van der Waals surface area (Å²) in [5.74, 6) is 1.66. The summed E-state index contributed by atoms with van der Waals surface area (Å²) in [5.41, 5.74) is 0. The van der Waals surface area contributed by atoms with Gasteiger partial charge in [0.15, 0.2) is 0 Å². The summed E-state index contributed by atoms with van der Waals surface area (Å²) in [5, 5.41) is 3.59. The van der Waals surface area contributed by atoms with Crippen LogP contribution >= 0.6 is 0 Å². The second-order valence-corrected chi connectivity index (χ2v) is 4.79. The van der Waals surface area contributed by atoms with Gasteiger partial charge in [-0.25, -0.2) is 0 Å². The third kappa shape index (κ3) is 8.29. The monoisotopic (exact) mass is 185 g/mol. The van der Waals surface area contributed by atoms with E-state index in [2.05, 4.69) is 39.9 Å². The Kier molecular flexibility index (Phi) is 7.35. The molecule has 0 spiro atoms. The maximum atomic E-state index is 3.59. The highest BCUT2D eigenvalue weighted by atomic mass is 14.9. The van der Waals surface area contributed by atoms with E-state index in [0.717, 1.165) is 11.8 Å². The van der Waals surface area contributed by atoms with Crippen molar-refractivity contribution in [3.05, 3.63) is 0 Å². The van der Waals surface area contributed by atoms with Crippen LogP contribution in [0.2, 0.25) is 0 Å². The van der Waals surface area contributed by atoms with Crippen molar-refractivity contribution >= 4 is 0 Å². The number of nitrogens with one attached hydrogen (secondary N) is 1. The van der Waals surface area contributed by atoms with Gasteiger partial charge < -0.3 is 5.32 Å². The molecule has 1 heteroatoms. The first-order valence-corrected chi connectivity index (χ1v) is 5.79. The second-order valence-electron chi connectivity index (χ2n) is 4.79. The molecule has 0 fully saturated rings. The minimum Gasteiger partial charge on any atom is -0.314 e. The van der Waals surface area contributed by atoms with Crippen molar-refractivity contribution in [2.75, 3.05) is 6.54 Å². The van der Waals surface area contributed by atoms with Crippen LogP contribution < -0.4 is 5.32 Å². The molecular weight excluding hydrogens is 158 g/mol. The van der Waals surface area contributed by atoms with Gasteiger partial charge in [0.2, 0.25) is 0 Å².